The third kappa shape index (κ3) is 3.16. The molecule has 86 valence electrons. The minimum absolute atomic E-state index is 0.164. The molecule has 0 aliphatic rings. The Morgan fingerprint density at radius 2 is 2.25 bits per heavy atom. The Morgan fingerprint density at radius 1 is 1.56 bits per heavy atom. The van der Waals surface area contributed by atoms with E-state index in [2.05, 4.69) is 4.98 Å². The van der Waals surface area contributed by atoms with Crippen molar-refractivity contribution in [1.29, 1.82) is 0 Å². The van der Waals surface area contributed by atoms with Gasteiger partial charge in [0.15, 0.2) is 0 Å². The number of carbonyl (C=O) groups excluding carboxylic acids is 1. The second-order valence-corrected chi connectivity index (χ2v) is 3.68. The molecule has 0 aromatic carbocycles. The second kappa shape index (κ2) is 5.41. The highest BCUT2D eigenvalue weighted by molar-refractivity contribution is 7.80. The van der Waals surface area contributed by atoms with E-state index in [9.17, 15) is 4.79 Å². The van der Waals surface area contributed by atoms with E-state index in [1.807, 2.05) is 11.8 Å². The Labute approximate surface area is 99.4 Å². The first kappa shape index (κ1) is 12.4. The molecule has 0 atom stereocenters. The normalized spacial score (nSPS) is 9.81. The lowest BCUT2D eigenvalue weighted by Crippen LogP contribution is -2.33. The van der Waals surface area contributed by atoms with E-state index in [-0.39, 0.29) is 17.4 Å². The molecule has 0 fully saturated rings. The summed E-state index contributed by atoms with van der Waals surface area (Å²) in [5.41, 5.74) is 12.0. The Bertz CT molecular complexity index is 408. The maximum Gasteiger partial charge on any atom is 0.236 e. The lowest BCUT2D eigenvalue weighted by atomic mass is 10.3. The van der Waals surface area contributed by atoms with E-state index in [1.165, 1.54) is 0 Å². The van der Waals surface area contributed by atoms with Gasteiger partial charge in [0.2, 0.25) is 5.91 Å². The first-order valence-corrected chi connectivity index (χ1v) is 5.24. The zero-order valence-electron chi connectivity index (χ0n) is 9.01. The summed E-state index contributed by atoms with van der Waals surface area (Å²) < 4.78 is 0. The molecule has 0 bridgehead atoms. The molecule has 0 spiro atoms. The lowest BCUT2D eigenvalue weighted by molar-refractivity contribution is -0.116. The number of amides is 1. The Balaban J connectivity index is 2.96. The summed E-state index contributed by atoms with van der Waals surface area (Å²) in [4.78, 5) is 17.0. The van der Waals surface area contributed by atoms with Crippen molar-refractivity contribution >= 4 is 28.8 Å². The number of thiocarbonyl (C=S) groups is 1. The lowest BCUT2D eigenvalue weighted by Gasteiger charge is -2.21. The van der Waals surface area contributed by atoms with Crippen LogP contribution in [-0.2, 0) is 4.79 Å². The Morgan fingerprint density at radius 3 is 2.75 bits per heavy atom. The molecule has 0 aliphatic heterocycles. The number of aromatic nitrogens is 1. The number of pyridine rings is 1. The van der Waals surface area contributed by atoms with Crippen molar-refractivity contribution in [2.45, 2.75) is 6.92 Å². The van der Waals surface area contributed by atoms with Crippen LogP contribution < -0.4 is 16.4 Å². The first-order chi connectivity index (χ1) is 7.54. The van der Waals surface area contributed by atoms with Gasteiger partial charge in [0.25, 0.3) is 0 Å². The molecule has 0 unspecified atom stereocenters. The first-order valence-electron chi connectivity index (χ1n) is 4.83. The fraction of sp³-hybridized carbons (Fsp3) is 0.300. The third-order valence-electron chi connectivity index (χ3n) is 2.09. The van der Waals surface area contributed by atoms with Gasteiger partial charge >= 0.3 is 0 Å². The topological polar surface area (TPSA) is 85.2 Å². The molecule has 4 N–H and O–H groups in total. The number of nitrogens with zero attached hydrogens (tertiary/aromatic N) is 2. The molecule has 0 aliphatic carbocycles. The predicted octanol–water partition coefficient (Wildman–Crippen LogP) is 0.0274. The molecule has 0 saturated heterocycles. The Kier molecular flexibility index (Phi) is 4.19. The van der Waals surface area contributed by atoms with Crippen molar-refractivity contribution in [3.05, 3.63) is 24.0 Å². The summed E-state index contributed by atoms with van der Waals surface area (Å²) in [5, 5.41) is 0. The van der Waals surface area contributed by atoms with Crippen molar-refractivity contribution in [2.75, 3.05) is 18.0 Å². The quantitative estimate of drug-likeness (QED) is 0.707. The molecule has 16 heavy (non-hydrogen) atoms. The molecular weight excluding hydrogens is 224 g/mol. The molecule has 1 heterocycles. The molecule has 6 heteroatoms. The predicted molar refractivity (Wildman–Crippen MR) is 67.2 cm³/mol. The smallest absolute Gasteiger partial charge is 0.236 e. The van der Waals surface area contributed by atoms with Crippen molar-refractivity contribution < 1.29 is 4.79 Å². The number of nitrogens with two attached hydrogens (primary N) is 2. The van der Waals surface area contributed by atoms with E-state index in [0.717, 1.165) is 5.69 Å². The van der Waals surface area contributed by atoms with Crippen LogP contribution in [-0.4, -0.2) is 29.0 Å². The van der Waals surface area contributed by atoms with Gasteiger partial charge in [0.1, 0.15) is 4.99 Å². The molecule has 1 aromatic rings. The van der Waals surface area contributed by atoms with Gasteiger partial charge in [0, 0.05) is 18.4 Å². The van der Waals surface area contributed by atoms with Crippen LogP contribution in [0.5, 0.6) is 0 Å². The van der Waals surface area contributed by atoms with Gasteiger partial charge in [-0.05, 0) is 19.1 Å². The highest BCUT2D eigenvalue weighted by Crippen LogP contribution is 2.13. The van der Waals surface area contributed by atoms with Crippen molar-refractivity contribution in [1.82, 2.24) is 4.98 Å². The van der Waals surface area contributed by atoms with Crippen molar-refractivity contribution in [2.24, 2.45) is 11.5 Å². The zero-order valence-corrected chi connectivity index (χ0v) is 9.83. The molecule has 1 amide bonds. The average molecular weight is 238 g/mol. The van der Waals surface area contributed by atoms with Crippen LogP contribution in [0.4, 0.5) is 5.69 Å². The van der Waals surface area contributed by atoms with Gasteiger partial charge in [-0.2, -0.15) is 0 Å². The van der Waals surface area contributed by atoms with E-state index >= 15 is 0 Å². The number of hydrogen-bond acceptors (Lipinski definition) is 4. The molecule has 1 rings (SSSR count). The monoisotopic (exact) mass is 238 g/mol. The van der Waals surface area contributed by atoms with Gasteiger partial charge < -0.3 is 16.4 Å². The standard InChI is InChI=1S/C10H14N4OS/c1-2-14(6-9(11)15)7-3-4-13-8(5-7)10(12)16/h3-5H,2,6H2,1H3,(H2,11,15)(H2,12,16). The molecule has 0 saturated carbocycles. The van der Waals surface area contributed by atoms with Crippen LogP contribution in [0.25, 0.3) is 0 Å². The summed E-state index contributed by atoms with van der Waals surface area (Å²) in [6.45, 7) is 2.77. The van der Waals surface area contributed by atoms with Crippen LogP contribution in [0.15, 0.2) is 18.3 Å². The number of hydrogen-bond donors (Lipinski definition) is 2. The van der Waals surface area contributed by atoms with E-state index in [4.69, 9.17) is 23.7 Å². The minimum atomic E-state index is -0.379. The maximum atomic E-state index is 10.9. The fourth-order valence-corrected chi connectivity index (χ4v) is 1.44. The SMILES string of the molecule is CCN(CC(N)=O)c1ccnc(C(N)=S)c1. The van der Waals surface area contributed by atoms with Gasteiger partial charge in [0.05, 0.1) is 12.2 Å². The molecular formula is C10H14N4OS. The van der Waals surface area contributed by atoms with Crippen LogP contribution in [0.1, 0.15) is 12.6 Å². The summed E-state index contributed by atoms with van der Waals surface area (Å²) in [6, 6.07) is 3.53. The van der Waals surface area contributed by atoms with Crippen LogP contribution >= 0.6 is 12.2 Å². The van der Waals surface area contributed by atoms with Gasteiger partial charge in [-0.25, -0.2) is 0 Å². The highest BCUT2D eigenvalue weighted by Gasteiger charge is 2.08. The van der Waals surface area contributed by atoms with Crippen molar-refractivity contribution in [3.8, 4) is 0 Å². The Hall–Kier alpha value is -1.69. The largest absolute Gasteiger partial charge is 0.388 e. The molecule has 0 radical (unpaired) electrons. The summed E-state index contributed by atoms with van der Waals surface area (Å²) in [7, 11) is 0. The van der Waals surface area contributed by atoms with Crippen LogP contribution in [0.2, 0.25) is 0 Å². The number of likely N-dealkylation sites (N-methyl/N-ethyl adjacent to an activating group) is 1. The molecule has 5 nitrogen and oxygen atoms in total. The number of rotatable bonds is 5. The van der Waals surface area contributed by atoms with Gasteiger partial charge in [-0.3, -0.25) is 9.78 Å². The van der Waals surface area contributed by atoms with Crippen LogP contribution in [0.3, 0.4) is 0 Å². The minimum Gasteiger partial charge on any atom is -0.388 e. The van der Waals surface area contributed by atoms with Crippen LogP contribution in [0, 0.1) is 0 Å². The van der Waals surface area contributed by atoms with E-state index in [1.54, 1.807) is 18.3 Å². The summed E-state index contributed by atoms with van der Waals surface area (Å²) in [6.07, 6.45) is 1.60. The second-order valence-electron chi connectivity index (χ2n) is 3.24. The number of primary amides is 1. The van der Waals surface area contributed by atoms with Crippen molar-refractivity contribution in [3.63, 3.8) is 0 Å². The van der Waals surface area contributed by atoms with Gasteiger partial charge in [-0.1, -0.05) is 12.2 Å². The zero-order chi connectivity index (χ0) is 12.1. The van der Waals surface area contributed by atoms with E-state index < -0.39 is 0 Å². The number of anilines is 1. The summed E-state index contributed by atoms with van der Waals surface area (Å²) in [5.74, 6) is -0.379. The summed E-state index contributed by atoms with van der Waals surface area (Å²) >= 11 is 4.84. The van der Waals surface area contributed by atoms with E-state index in [0.29, 0.717) is 12.2 Å². The number of carbonyl (C=O) groups is 1. The molecule has 1 aromatic heterocycles. The fourth-order valence-electron chi connectivity index (χ4n) is 1.32. The highest BCUT2D eigenvalue weighted by atomic mass is 32.1. The maximum absolute atomic E-state index is 10.9. The third-order valence-corrected chi connectivity index (χ3v) is 2.30. The average Bonchev–Trinajstić information content (AvgIpc) is 2.25. The van der Waals surface area contributed by atoms with Gasteiger partial charge in [-0.15, -0.1) is 0 Å².